The molecule has 0 saturated heterocycles. The van der Waals surface area contributed by atoms with Crippen LogP contribution in [0.2, 0.25) is 5.02 Å². The molecule has 0 aromatic carbocycles. The van der Waals surface area contributed by atoms with E-state index in [-0.39, 0.29) is 6.04 Å². The smallest absolute Gasteiger partial charge is 0.0834 e. The van der Waals surface area contributed by atoms with Gasteiger partial charge in [-0.15, -0.1) is 0 Å². The van der Waals surface area contributed by atoms with Crippen LogP contribution in [0.1, 0.15) is 31.5 Å². The van der Waals surface area contributed by atoms with Crippen LogP contribution < -0.4 is 5.32 Å². The third-order valence-electron chi connectivity index (χ3n) is 2.65. The van der Waals surface area contributed by atoms with Crippen LogP contribution in [-0.2, 0) is 11.3 Å². The van der Waals surface area contributed by atoms with Crippen molar-refractivity contribution in [2.75, 3.05) is 20.8 Å². The summed E-state index contributed by atoms with van der Waals surface area (Å²) in [5.41, 5.74) is 1.07. The average Bonchev–Trinajstić information content (AvgIpc) is 2.66. The van der Waals surface area contributed by atoms with Gasteiger partial charge in [-0.1, -0.05) is 11.6 Å². The predicted molar refractivity (Wildman–Crippen MR) is 65.8 cm³/mol. The number of rotatable bonds is 7. The summed E-state index contributed by atoms with van der Waals surface area (Å²) < 4.78 is 7.00. The fourth-order valence-corrected chi connectivity index (χ4v) is 2.09. The Morgan fingerprint density at radius 2 is 2.38 bits per heavy atom. The molecule has 16 heavy (non-hydrogen) atoms. The number of nitrogens with zero attached hydrogens (tertiary/aromatic N) is 2. The van der Waals surface area contributed by atoms with Gasteiger partial charge in [-0.05, 0) is 26.8 Å². The standard InChI is InChI=1S/C11H20ClN3O/c1-4-15-11(9(12)8-14-15)10(13-2)6-5-7-16-3/h8,10,13H,4-7H2,1-3H3. The van der Waals surface area contributed by atoms with Gasteiger partial charge in [0.05, 0.1) is 23.0 Å². The minimum absolute atomic E-state index is 0.241. The minimum atomic E-state index is 0.241. The Bertz CT molecular complexity index is 314. The number of hydrogen-bond acceptors (Lipinski definition) is 3. The molecule has 0 bridgehead atoms. The molecule has 0 spiro atoms. The predicted octanol–water partition coefficient (Wildman–Crippen LogP) is 2.24. The maximum Gasteiger partial charge on any atom is 0.0834 e. The number of hydrogen-bond donors (Lipinski definition) is 1. The molecule has 0 saturated carbocycles. The molecular formula is C11H20ClN3O. The number of aromatic nitrogens is 2. The molecule has 0 fully saturated rings. The molecule has 1 aromatic heterocycles. The molecule has 1 aromatic rings. The zero-order valence-electron chi connectivity index (χ0n) is 10.2. The second kappa shape index (κ2) is 6.89. The lowest BCUT2D eigenvalue weighted by Gasteiger charge is -2.17. The van der Waals surface area contributed by atoms with Gasteiger partial charge in [0, 0.05) is 20.3 Å². The molecule has 0 aliphatic rings. The first-order valence-electron chi connectivity index (χ1n) is 5.62. The van der Waals surface area contributed by atoms with E-state index in [0.29, 0.717) is 0 Å². The second-order valence-corrected chi connectivity index (χ2v) is 4.08. The molecule has 0 amide bonds. The van der Waals surface area contributed by atoms with Crippen LogP contribution >= 0.6 is 11.6 Å². The number of methoxy groups -OCH3 is 1. The number of aryl methyl sites for hydroxylation is 1. The van der Waals surface area contributed by atoms with Crippen molar-refractivity contribution in [3.63, 3.8) is 0 Å². The van der Waals surface area contributed by atoms with E-state index in [2.05, 4.69) is 17.3 Å². The van der Waals surface area contributed by atoms with Gasteiger partial charge in [-0.2, -0.15) is 5.10 Å². The van der Waals surface area contributed by atoms with Crippen molar-refractivity contribution in [3.05, 3.63) is 16.9 Å². The highest BCUT2D eigenvalue weighted by molar-refractivity contribution is 6.31. The highest BCUT2D eigenvalue weighted by Crippen LogP contribution is 2.25. The summed E-state index contributed by atoms with van der Waals surface area (Å²) in [5, 5.41) is 8.26. The first kappa shape index (κ1) is 13.5. The SMILES string of the molecule is CCn1ncc(Cl)c1C(CCCOC)NC. The van der Waals surface area contributed by atoms with Crippen LogP contribution in [0.5, 0.6) is 0 Å². The Hall–Kier alpha value is -0.580. The largest absolute Gasteiger partial charge is 0.385 e. The van der Waals surface area contributed by atoms with Gasteiger partial charge in [-0.25, -0.2) is 0 Å². The molecule has 0 radical (unpaired) electrons. The van der Waals surface area contributed by atoms with Crippen molar-refractivity contribution in [1.82, 2.24) is 15.1 Å². The van der Waals surface area contributed by atoms with Gasteiger partial charge in [0.15, 0.2) is 0 Å². The van der Waals surface area contributed by atoms with E-state index in [1.165, 1.54) is 0 Å². The summed E-state index contributed by atoms with van der Waals surface area (Å²) in [4.78, 5) is 0. The first-order valence-corrected chi connectivity index (χ1v) is 5.99. The van der Waals surface area contributed by atoms with Crippen LogP contribution in [0.4, 0.5) is 0 Å². The Labute approximate surface area is 102 Å². The molecule has 0 aliphatic heterocycles. The Kier molecular flexibility index (Phi) is 5.80. The highest BCUT2D eigenvalue weighted by atomic mass is 35.5. The zero-order valence-corrected chi connectivity index (χ0v) is 10.9. The Balaban J connectivity index is 2.73. The van der Waals surface area contributed by atoms with Gasteiger partial charge in [0.1, 0.15) is 0 Å². The average molecular weight is 246 g/mol. The quantitative estimate of drug-likeness (QED) is 0.749. The van der Waals surface area contributed by atoms with Gasteiger partial charge in [-0.3, -0.25) is 4.68 Å². The van der Waals surface area contributed by atoms with Crippen molar-refractivity contribution in [2.24, 2.45) is 0 Å². The van der Waals surface area contributed by atoms with Crippen LogP contribution in [0, 0.1) is 0 Å². The normalized spacial score (nSPS) is 13.0. The van der Waals surface area contributed by atoms with Crippen LogP contribution in [0.15, 0.2) is 6.20 Å². The highest BCUT2D eigenvalue weighted by Gasteiger charge is 2.17. The van der Waals surface area contributed by atoms with E-state index < -0.39 is 0 Å². The van der Waals surface area contributed by atoms with E-state index in [1.807, 2.05) is 11.7 Å². The molecule has 4 nitrogen and oxygen atoms in total. The summed E-state index contributed by atoms with van der Waals surface area (Å²) in [6.45, 7) is 3.68. The number of nitrogens with one attached hydrogen (secondary N) is 1. The maximum absolute atomic E-state index is 6.16. The van der Waals surface area contributed by atoms with Crippen LogP contribution in [0.25, 0.3) is 0 Å². The minimum Gasteiger partial charge on any atom is -0.385 e. The zero-order chi connectivity index (χ0) is 12.0. The van der Waals surface area contributed by atoms with Crippen molar-refractivity contribution in [3.8, 4) is 0 Å². The topological polar surface area (TPSA) is 39.1 Å². The maximum atomic E-state index is 6.16. The van der Waals surface area contributed by atoms with Crippen molar-refractivity contribution >= 4 is 11.6 Å². The molecule has 1 heterocycles. The third kappa shape index (κ3) is 3.20. The summed E-state index contributed by atoms with van der Waals surface area (Å²) in [6, 6.07) is 0.241. The summed E-state index contributed by atoms with van der Waals surface area (Å²) in [7, 11) is 3.67. The fourth-order valence-electron chi connectivity index (χ4n) is 1.82. The van der Waals surface area contributed by atoms with Gasteiger partial charge in [0.2, 0.25) is 0 Å². The lowest BCUT2D eigenvalue weighted by Crippen LogP contribution is -2.21. The first-order chi connectivity index (χ1) is 7.74. The molecule has 92 valence electrons. The lowest BCUT2D eigenvalue weighted by atomic mass is 10.1. The molecule has 1 rings (SSSR count). The molecular weight excluding hydrogens is 226 g/mol. The molecule has 1 unspecified atom stereocenters. The van der Waals surface area contributed by atoms with Crippen molar-refractivity contribution in [1.29, 1.82) is 0 Å². The van der Waals surface area contributed by atoms with E-state index in [4.69, 9.17) is 16.3 Å². The van der Waals surface area contributed by atoms with E-state index in [9.17, 15) is 0 Å². The number of ether oxygens (including phenoxy) is 1. The van der Waals surface area contributed by atoms with Crippen LogP contribution in [0.3, 0.4) is 0 Å². The third-order valence-corrected chi connectivity index (χ3v) is 2.94. The van der Waals surface area contributed by atoms with Crippen molar-refractivity contribution in [2.45, 2.75) is 32.4 Å². The fraction of sp³-hybridized carbons (Fsp3) is 0.727. The van der Waals surface area contributed by atoms with Gasteiger partial charge >= 0.3 is 0 Å². The summed E-state index contributed by atoms with van der Waals surface area (Å²) in [5.74, 6) is 0. The second-order valence-electron chi connectivity index (χ2n) is 3.67. The van der Waals surface area contributed by atoms with E-state index >= 15 is 0 Å². The summed E-state index contributed by atoms with van der Waals surface area (Å²) >= 11 is 6.16. The van der Waals surface area contributed by atoms with Crippen molar-refractivity contribution < 1.29 is 4.74 Å². The monoisotopic (exact) mass is 245 g/mol. The lowest BCUT2D eigenvalue weighted by molar-refractivity contribution is 0.188. The van der Waals surface area contributed by atoms with E-state index in [1.54, 1.807) is 13.3 Å². The molecule has 1 N–H and O–H groups in total. The summed E-state index contributed by atoms with van der Waals surface area (Å²) in [6.07, 6.45) is 3.71. The molecule has 0 aliphatic carbocycles. The molecule has 1 atom stereocenters. The van der Waals surface area contributed by atoms with Crippen LogP contribution in [-0.4, -0.2) is 30.5 Å². The van der Waals surface area contributed by atoms with Gasteiger partial charge < -0.3 is 10.1 Å². The Morgan fingerprint density at radius 3 is 2.94 bits per heavy atom. The number of halogens is 1. The molecule has 5 heteroatoms. The van der Waals surface area contributed by atoms with E-state index in [0.717, 1.165) is 36.7 Å². The Morgan fingerprint density at radius 1 is 1.62 bits per heavy atom. The van der Waals surface area contributed by atoms with Gasteiger partial charge in [0.25, 0.3) is 0 Å².